The normalized spacial score (nSPS) is 22.8. The van der Waals surface area contributed by atoms with Crippen LogP contribution >= 0.6 is 0 Å². The van der Waals surface area contributed by atoms with Gasteiger partial charge in [0.2, 0.25) is 5.91 Å². The zero-order chi connectivity index (χ0) is 16.7. The minimum Gasteiger partial charge on any atom is -0.356 e. The Morgan fingerprint density at radius 1 is 1.29 bits per heavy atom. The van der Waals surface area contributed by atoms with Crippen molar-refractivity contribution in [2.75, 3.05) is 31.2 Å². The summed E-state index contributed by atoms with van der Waals surface area (Å²) in [4.78, 5) is 24.9. The second kappa shape index (κ2) is 5.99. The molecule has 0 N–H and O–H groups in total. The van der Waals surface area contributed by atoms with Gasteiger partial charge in [0, 0.05) is 45.1 Å². The van der Waals surface area contributed by atoms with Gasteiger partial charge in [-0.1, -0.05) is 0 Å². The van der Waals surface area contributed by atoms with Crippen molar-refractivity contribution in [3.63, 3.8) is 0 Å². The second-order valence-corrected chi connectivity index (χ2v) is 6.69. The number of hydrogen-bond donors (Lipinski definition) is 0. The van der Waals surface area contributed by atoms with Gasteiger partial charge in [-0.15, -0.1) is 0 Å². The Morgan fingerprint density at radius 3 is 2.79 bits per heavy atom. The molecule has 2 aromatic rings. The fraction of sp³-hybridized carbons (Fsp3) is 0.625. The van der Waals surface area contributed by atoms with Crippen molar-refractivity contribution in [1.82, 2.24) is 24.6 Å². The molecule has 128 valence electrons. The number of carbonyl (C=O) groups is 1. The molecule has 4 rings (SSSR count). The first-order chi connectivity index (χ1) is 11.7. The van der Waals surface area contributed by atoms with E-state index in [4.69, 9.17) is 0 Å². The van der Waals surface area contributed by atoms with E-state index in [0.29, 0.717) is 13.0 Å². The topological polar surface area (TPSA) is 67.2 Å². The summed E-state index contributed by atoms with van der Waals surface area (Å²) in [6, 6.07) is 0.219. The fourth-order valence-electron chi connectivity index (χ4n) is 3.86. The molecule has 7 nitrogen and oxygen atoms in total. The minimum atomic E-state index is -0.402. The van der Waals surface area contributed by atoms with Gasteiger partial charge >= 0.3 is 0 Å². The van der Waals surface area contributed by atoms with Crippen LogP contribution in [0.2, 0.25) is 0 Å². The molecule has 0 aromatic carbocycles. The molecule has 0 saturated carbocycles. The van der Waals surface area contributed by atoms with Gasteiger partial charge in [-0.05, 0) is 12.8 Å². The summed E-state index contributed by atoms with van der Waals surface area (Å²) in [5, 5.41) is 5.21. The van der Waals surface area contributed by atoms with Crippen LogP contribution in [0.25, 0.3) is 11.0 Å². The molecule has 2 aromatic heterocycles. The Balaban J connectivity index is 1.47. The SMILES string of the molecule is Cn1ncc2c(N3CCC(N4CC(CF)CC4=O)CC3)ncnc21. The molecular formula is C16H21FN6O. The average molecular weight is 332 g/mol. The number of aryl methyl sites for hydroxylation is 1. The van der Waals surface area contributed by atoms with Crippen molar-refractivity contribution < 1.29 is 9.18 Å². The molecule has 4 heterocycles. The maximum Gasteiger partial charge on any atom is 0.223 e. The van der Waals surface area contributed by atoms with Gasteiger partial charge in [0.1, 0.15) is 12.1 Å². The third-order valence-corrected chi connectivity index (χ3v) is 5.17. The molecule has 0 bridgehead atoms. The van der Waals surface area contributed by atoms with Gasteiger partial charge in [0.25, 0.3) is 0 Å². The van der Waals surface area contributed by atoms with E-state index in [2.05, 4.69) is 20.0 Å². The zero-order valence-electron chi connectivity index (χ0n) is 13.7. The van der Waals surface area contributed by atoms with Crippen LogP contribution < -0.4 is 4.90 Å². The van der Waals surface area contributed by atoms with E-state index >= 15 is 0 Å². The van der Waals surface area contributed by atoms with Crippen LogP contribution in [0.1, 0.15) is 19.3 Å². The van der Waals surface area contributed by atoms with Gasteiger partial charge in [0.15, 0.2) is 5.65 Å². The van der Waals surface area contributed by atoms with Crippen molar-refractivity contribution in [3.05, 3.63) is 12.5 Å². The molecule has 0 radical (unpaired) electrons. The summed E-state index contributed by atoms with van der Waals surface area (Å²) < 4.78 is 14.6. The van der Waals surface area contributed by atoms with Gasteiger partial charge in [-0.25, -0.2) is 9.97 Å². The van der Waals surface area contributed by atoms with E-state index in [9.17, 15) is 9.18 Å². The molecule has 1 amide bonds. The number of fused-ring (bicyclic) bond motifs is 1. The molecule has 2 aliphatic heterocycles. The highest BCUT2D eigenvalue weighted by atomic mass is 19.1. The van der Waals surface area contributed by atoms with E-state index in [1.54, 1.807) is 17.2 Å². The Morgan fingerprint density at radius 2 is 2.08 bits per heavy atom. The summed E-state index contributed by atoms with van der Waals surface area (Å²) in [6.07, 6.45) is 5.50. The highest BCUT2D eigenvalue weighted by Crippen LogP contribution is 2.29. The predicted molar refractivity (Wildman–Crippen MR) is 87.3 cm³/mol. The summed E-state index contributed by atoms with van der Waals surface area (Å²) in [5.41, 5.74) is 0.822. The maximum atomic E-state index is 12.8. The molecule has 2 fully saturated rings. The summed E-state index contributed by atoms with van der Waals surface area (Å²) >= 11 is 0. The maximum absolute atomic E-state index is 12.8. The van der Waals surface area contributed by atoms with Crippen molar-refractivity contribution in [3.8, 4) is 0 Å². The lowest BCUT2D eigenvalue weighted by Gasteiger charge is -2.37. The molecule has 1 atom stereocenters. The molecule has 1 unspecified atom stereocenters. The lowest BCUT2D eigenvalue weighted by Crippen LogP contribution is -2.46. The Labute approximate surface area is 139 Å². The highest BCUT2D eigenvalue weighted by Gasteiger charge is 2.36. The van der Waals surface area contributed by atoms with E-state index < -0.39 is 6.67 Å². The largest absolute Gasteiger partial charge is 0.356 e. The molecule has 2 aliphatic rings. The smallest absolute Gasteiger partial charge is 0.223 e. The van der Waals surface area contributed by atoms with Crippen LogP contribution in [0.5, 0.6) is 0 Å². The first-order valence-electron chi connectivity index (χ1n) is 8.40. The van der Waals surface area contributed by atoms with Crippen molar-refractivity contribution in [2.45, 2.75) is 25.3 Å². The number of rotatable bonds is 3. The summed E-state index contributed by atoms with van der Waals surface area (Å²) in [7, 11) is 1.87. The first-order valence-corrected chi connectivity index (χ1v) is 8.40. The van der Waals surface area contributed by atoms with Crippen LogP contribution in [-0.4, -0.2) is 62.9 Å². The fourth-order valence-corrected chi connectivity index (χ4v) is 3.86. The van der Waals surface area contributed by atoms with Crippen LogP contribution in [-0.2, 0) is 11.8 Å². The Bertz CT molecular complexity index is 754. The Hall–Kier alpha value is -2.25. The molecular weight excluding hydrogens is 311 g/mol. The number of nitrogens with zero attached hydrogens (tertiary/aromatic N) is 6. The lowest BCUT2D eigenvalue weighted by molar-refractivity contribution is -0.130. The zero-order valence-corrected chi connectivity index (χ0v) is 13.7. The molecule has 0 aliphatic carbocycles. The lowest BCUT2D eigenvalue weighted by atomic mass is 10.0. The monoisotopic (exact) mass is 332 g/mol. The third-order valence-electron chi connectivity index (χ3n) is 5.17. The van der Waals surface area contributed by atoms with Crippen LogP contribution in [0.3, 0.4) is 0 Å². The van der Waals surface area contributed by atoms with Crippen molar-refractivity contribution in [1.29, 1.82) is 0 Å². The van der Waals surface area contributed by atoms with Crippen LogP contribution in [0, 0.1) is 5.92 Å². The van der Waals surface area contributed by atoms with E-state index in [1.807, 2.05) is 11.9 Å². The number of amides is 1. The van der Waals surface area contributed by atoms with Gasteiger partial charge < -0.3 is 9.80 Å². The summed E-state index contributed by atoms with van der Waals surface area (Å²) in [6.45, 7) is 1.83. The van der Waals surface area contributed by atoms with E-state index in [1.165, 1.54) is 0 Å². The number of piperidine rings is 1. The number of alkyl halides is 1. The van der Waals surface area contributed by atoms with Crippen LogP contribution in [0.4, 0.5) is 10.2 Å². The number of likely N-dealkylation sites (tertiary alicyclic amines) is 1. The molecule has 24 heavy (non-hydrogen) atoms. The van der Waals surface area contributed by atoms with E-state index in [-0.39, 0.29) is 17.9 Å². The first kappa shape index (κ1) is 15.3. The van der Waals surface area contributed by atoms with E-state index in [0.717, 1.165) is 42.8 Å². The van der Waals surface area contributed by atoms with Crippen molar-refractivity contribution >= 4 is 22.8 Å². The second-order valence-electron chi connectivity index (χ2n) is 6.69. The van der Waals surface area contributed by atoms with Crippen molar-refractivity contribution in [2.24, 2.45) is 13.0 Å². The number of anilines is 1. The molecule has 2 saturated heterocycles. The van der Waals surface area contributed by atoms with Gasteiger partial charge in [-0.2, -0.15) is 5.10 Å². The van der Waals surface area contributed by atoms with Crippen LogP contribution in [0.15, 0.2) is 12.5 Å². The highest BCUT2D eigenvalue weighted by molar-refractivity contribution is 5.86. The average Bonchev–Trinajstić information content (AvgIpc) is 3.18. The minimum absolute atomic E-state index is 0.104. The number of aromatic nitrogens is 4. The van der Waals surface area contributed by atoms with Gasteiger partial charge in [-0.3, -0.25) is 13.9 Å². The molecule has 0 spiro atoms. The Kier molecular flexibility index (Phi) is 3.82. The number of hydrogen-bond acceptors (Lipinski definition) is 5. The van der Waals surface area contributed by atoms with Gasteiger partial charge in [0.05, 0.1) is 18.3 Å². The third kappa shape index (κ3) is 2.50. The quantitative estimate of drug-likeness (QED) is 0.843. The summed E-state index contributed by atoms with van der Waals surface area (Å²) in [5.74, 6) is 0.890. The predicted octanol–water partition coefficient (Wildman–Crippen LogP) is 1.15. The number of halogens is 1. The standard InChI is InChI=1S/C16H21FN6O/c1-21-15-13(8-20-21)16(19-10-18-15)22-4-2-12(3-5-22)23-9-11(7-17)6-14(23)24/h8,10-12H,2-7,9H2,1H3. The molecule has 8 heteroatoms. The number of carbonyl (C=O) groups excluding carboxylic acids is 1.